The molecule has 2 unspecified atom stereocenters. The first-order valence-electron chi connectivity index (χ1n) is 5.86. The van der Waals surface area contributed by atoms with Crippen LogP contribution in [0.1, 0.15) is 18.9 Å². The van der Waals surface area contributed by atoms with E-state index in [0.29, 0.717) is 25.7 Å². The van der Waals surface area contributed by atoms with Crippen LogP contribution in [0.2, 0.25) is 0 Å². The Morgan fingerprint density at radius 3 is 2.62 bits per heavy atom. The minimum Gasteiger partial charge on any atom is -0.486 e. The smallest absolute Gasteiger partial charge is 0.161 e. The Morgan fingerprint density at radius 1 is 1.31 bits per heavy atom. The lowest BCUT2D eigenvalue weighted by Gasteiger charge is -2.21. The minimum absolute atomic E-state index is 0.190. The molecule has 2 N–H and O–H groups in total. The highest BCUT2D eigenvalue weighted by atomic mass is 16.6. The van der Waals surface area contributed by atoms with E-state index >= 15 is 0 Å². The molecule has 1 aromatic carbocycles. The summed E-state index contributed by atoms with van der Waals surface area (Å²) in [5, 5.41) is 0. The van der Waals surface area contributed by atoms with Gasteiger partial charge in [-0.3, -0.25) is 0 Å². The third-order valence-corrected chi connectivity index (χ3v) is 3.93. The van der Waals surface area contributed by atoms with Crippen LogP contribution in [-0.2, 0) is 5.41 Å². The summed E-state index contributed by atoms with van der Waals surface area (Å²) >= 11 is 0. The van der Waals surface area contributed by atoms with Crippen LogP contribution in [-0.4, -0.2) is 19.8 Å². The molecule has 1 aliphatic heterocycles. The van der Waals surface area contributed by atoms with Gasteiger partial charge in [-0.05, 0) is 30.0 Å². The van der Waals surface area contributed by atoms with Gasteiger partial charge in [-0.25, -0.2) is 0 Å². The van der Waals surface area contributed by atoms with Crippen LogP contribution in [0.4, 0.5) is 0 Å². The standard InChI is InChI=1S/C13H17NO2/c1-9-7-13(9,8-14)10-2-3-11-12(6-10)16-5-4-15-11/h2-3,6,9H,4-5,7-8,14H2,1H3. The number of hydrogen-bond acceptors (Lipinski definition) is 3. The van der Waals surface area contributed by atoms with Crippen LogP contribution in [0.15, 0.2) is 18.2 Å². The van der Waals surface area contributed by atoms with E-state index in [-0.39, 0.29) is 5.41 Å². The van der Waals surface area contributed by atoms with Crippen LogP contribution in [0, 0.1) is 5.92 Å². The number of benzene rings is 1. The van der Waals surface area contributed by atoms with Gasteiger partial charge >= 0.3 is 0 Å². The van der Waals surface area contributed by atoms with Gasteiger partial charge in [0.2, 0.25) is 0 Å². The molecule has 3 heteroatoms. The van der Waals surface area contributed by atoms with Gasteiger partial charge < -0.3 is 15.2 Å². The molecule has 16 heavy (non-hydrogen) atoms. The summed E-state index contributed by atoms with van der Waals surface area (Å²) in [4.78, 5) is 0. The summed E-state index contributed by atoms with van der Waals surface area (Å²) in [6, 6.07) is 6.24. The van der Waals surface area contributed by atoms with Gasteiger partial charge in [-0.1, -0.05) is 13.0 Å². The van der Waals surface area contributed by atoms with Gasteiger partial charge in [-0.15, -0.1) is 0 Å². The predicted molar refractivity (Wildman–Crippen MR) is 61.9 cm³/mol. The van der Waals surface area contributed by atoms with Crippen molar-refractivity contribution < 1.29 is 9.47 Å². The molecule has 1 saturated carbocycles. The van der Waals surface area contributed by atoms with Crippen LogP contribution >= 0.6 is 0 Å². The van der Waals surface area contributed by atoms with E-state index in [1.165, 1.54) is 12.0 Å². The van der Waals surface area contributed by atoms with Crippen molar-refractivity contribution in [2.75, 3.05) is 19.8 Å². The maximum atomic E-state index is 5.90. The molecule has 1 heterocycles. The van der Waals surface area contributed by atoms with Crippen molar-refractivity contribution in [3.05, 3.63) is 23.8 Å². The Labute approximate surface area is 95.5 Å². The zero-order chi connectivity index (χ0) is 11.2. The van der Waals surface area contributed by atoms with Gasteiger partial charge in [0.05, 0.1) is 0 Å². The molecule has 1 fully saturated rings. The second-order valence-corrected chi connectivity index (χ2v) is 4.82. The molecule has 0 amide bonds. The highest BCUT2D eigenvalue weighted by molar-refractivity contribution is 5.48. The first kappa shape index (κ1) is 9.97. The van der Waals surface area contributed by atoms with Crippen molar-refractivity contribution in [3.8, 4) is 11.5 Å². The second kappa shape index (κ2) is 3.39. The van der Waals surface area contributed by atoms with Crippen molar-refractivity contribution >= 4 is 0 Å². The Bertz CT molecular complexity index is 414. The van der Waals surface area contributed by atoms with Crippen LogP contribution in [0.3, 0.4) is 0 Å². The average Bonchev–Trinajstić information content (AvgIpc) is 3.01. The summed E-state index contributed by atoms with van der Waals surface area (Å²) in [5.41, 5.74) is 7.38. The van der Waals surface area contributed by atoms with E-state index in [2.05, 4.69) is 19.1 Å². The highest BCUT2D eigenvalue weighted by Gasteiger charge is 2.51. The average molecular weight is 219 g/mol. The molecular formula is C13H17NO2. The molecule has 2 aliphatic rings. The van der Waals surface area contributed by atoms with Gasteiger partial charge in [0, 0.05) is 12.0 Å². The quantitative estimate of drug-likeness (QED) is 0.823. The predicted octanol–water partition coefficient (Wildman–Crippen LogP) is 1.69. The first-order valence-corrected chi connectivity index (χ1v) is 5.86. The maximum absolute atomic E-state index is 5.90. The van der Waals surface area contributed by atoms with Crippen molar-refractivity contribution in [3.63, 3.8) is 0 Å². The molecule has 3 nitrogen and oxygen atoms in total. The fraction of sp³-hybridized carbons (Fsp3) is 0.538. The zero-order valence-corrected chi connectivity index (χ0v) is 9.53. The summed E-state index contributed by atoms with van der Waals surface area (Å²) in [6.07, 6.45) is 1.18. The second-order valence-electron chi connectivity index (χ2n) is 4.82. The molecule has 1 aliphatic carbocycles. The highest BCUT2D eigenvalue weighted by Crippen LogP contribution is 2.54. The van der Waals surface area contributed by atoms with Gasteiger partial charge in [-0.2, -0.15) is 0 Å². The SMILES string of the molecule is CC1CC1(CN)c1ccc2c(c1)OCCO2. The summed E-state index contributed by atoms with van der Waals surface area (Å²) < 4.78 is 11.1. The molecule has 0 saturated heterocycles. The van der Waals surface area contributed by atoms with Crippen molar-refractivity contribution in [2.24, 2.45) is 11.7 Å². The number of hydrogen-bond donors (Lipinski definition) is 1. The van der Waals surface area contributed by atoms with Crippen LogP contribution < -0.4 is 15.2 Å². The van der Waals surface area contributed by atoms with E-state index in [1.807, 2.05) is 6.07 Å². The molecule has 1 aromatic rings. The molecule has 0 radical (unpaired) electrons. The molecule has 0 aromatic heterocycles. The zero-order valence-electron chi connectivity index (χ0n) is 9.53. The molecule has 0 spiro atoms. The Balaban J connectivity index is 1.97. The normalized spacial score (nSPS) is 31.2. The van der Waals surface area contributed by atoms with E-state index in [4.69, 9.17) is 15.2 Å². The number of nitrogens with two attached hydrogens (primary N) is 1. The van der Waals surface area contributed by atoms with E-state index in [1.54, 1.807) is 0 Å². The number of fused-ring (bicyclic) bond motifs is 1. The summed E-state index contributed by atoms with van der Waals surface area (Å²) in [5.74, 6) is 2.41. The third kappa shape index (κ3) is 1.31. The lowest BCUT2D eigenvalue weighted by atomic mass is 9.93. The largest absolute Gasteiger partial charge is 0.486 e. The molecular weight excluding hydrogens is 202 g/mol. The van der Waals surface area contributed by atoms with Gasteiger partial charge in [0.15, 0.2) is 11.5 Å². The van der Waals surface area contributed by atoms with E-state index in [9.17, 15) is 0 Å². The Kier molecular flexibility index (Phi) is 2.11. The third-order valence-electron chi connectivity index (χ3n) is 3.93. The Hall–Kier alpha value is -1.22. The summed E-state index contributed by atoms with van der Waals surface area (Å²) in [6.45, 7) is 4.25. The van der Waals surface area contributed by atoms with Crippen LogP contribution in [0.25, 0.3) is 0 Å². The van der Waals surface area contributed by atoms with Crippen molar-refractivity contribution in [1.82, 2.24) is 0 Å². The molecule has 3 rings (SSSR count). The molecule has 0 bridgehead atoms. The van der Waals surface area contributed by atoms with Gasteiger partial charge in [0.1, 0.15) is 13.2 Å². The number of rotatable bonds is 2. The lowest BCUT2D eigenvalue weighted by molar-refractivity contribution is 0.171. The van der Waals surface area contributed by atoms with Crippen molar-refractivity contribution in [2.45, 2.75) is 18.8 Å². The first-order chi connectivity index (χ1) is 7.76. The monoisotopic (exact) mass is 219 g/mol. The number of ether oxygens (including phenoxy) is 2. The topological polar surface area (TPSA) is 44.5 Å². The lowest BCUT2D eigenvalue weighted by Crippen LogP contribution is -2.22. The minimum atomic E-state index is 0.190. The summed E-state index contributed by atoms with van der Waals surface area (Å²) in [7, 11) is 0. The molecule has 2 atom stereocenters. The fourth-order valence-electron chi connectivity index (χ4n) is 2.65. The molecule has 86 valence electrons. The maximum Gasteiger partial charge on any atom is 0.161 e. The Morgan fingerprint density at radius 2 is 2.00 bits per heavy atom. The van der Waals surface area contributed by atoms with Crippen molar-refractivity contribution in [1.29, 1.82) is 0 Å². The fourth-order valence-corrected chi connectivity index (χ4v) is 2.65. The van der Waals surface area contributed by atoms with E-state index < -0.39 is 0 Å². The van der Waals surface area contributed by atoms with Gasteiger partial charge in [0.25, 0.3) is 0 Å². The van der Waals surface area contributed by atoms with Crippen LogP contribution in [0.5, 0.6) is 11.5 Å². The van der Waals surface area contributed by atoms with E-state index in [0.717, 1.165) is 11.5 Å².